The van der Waals surface area contributed by atoms with Gasteiger partial charge in [-0.1, -0.05) is 30.3 Å². The Labute approximate surface area is 185 Å². The van der Waals surface area contributed by atoms with Gasteiger partial charge in [0.2, 0.25) is 5.91 Å². The van der Waals surface area contributed by atoms with Crippen LogP contribution in [-0.2, 0) is 27.4 Å². The highest BCUT2D eigenvalue weighted by Gasteiger charge is 2.24. The first-order chi connectivity index (χ1) is 15.0. The molecule has 2 heterocycles. The topological polar surface area (TPSA) is 62.7 Å². The lowest BCUT2D eigenvalue weighted by molar-refractivity contribution is -0.144. The number of ether oxygens (including phenoxy) is 1. The van der Waals surface area contributed by atoms with Crippen LogP contribution in [-0.4, -0.2) is 53.4 Å². The molecular formula is C25H33N3O3. The van der Waals surface area contributed by atoms with Gasteiger partial charge in [0.05, 0.1) is 13.5 Å². The van der Waals surface area contributed by atoms with Gasteiger partial charge in [-0.05, 0) is 61.5 Å². The van der Waals surface area contributed by atoms with Gasteiger partial charge in [0.25, 0.3) is 0 Å². The summed E-state index contributed by atoms with van der Waals surface area (Å²) in [6.07, 6.45) is 5.97. The first-order valence-electron chi connectivity index (χ1n) is 11.1. The molecule has 31 heavy (non-hydrogen) atoms. The molecule has 0 atom stereocenters. The van der Waals surface area contributed by atoms with Crippen molar-refractivity contribution in [3.63, 3.8) is 0 Å². The number of carbonyl (C=O) groups excluding carboxylic acids is 2. The summed E-state index contributed by atoms with van der Waals surface area (Å²) in [5, 5.41) is 0. The number of pyridine rings is 1. The molecule has 0 saturated carbocycles. The van der Waals surface area contributed by atoms with Crippen molar-refractivity contribution in [2.75, 3.05) is 26.7 Å². The van der Waals surface area contributed by atoms with Crippen molar-refractivity contribution in [3.05, 3.63) is 65.5 Å². The summed E-state index contributed by atoms with van der Waals surface area (Å²) in [7, 11) is 1.35. The molecule has 0 radical (unpaired) electrons. The monoisotopic (exact) mass is 423 g/mol. The van der Waals surface area contributed by atoms with E-state index in [4.69, 9.17) is 4.74 Å². The summed E-state index contributed by atoms with van der Waals surface area (Å²) < 4.78 is 4.69. The van der Waals surface area contributed by atoms with E-state index in [9.17, 15) is 9.59 Å². The van der Waals surface area contributed by atoms with E-state index in [2.05, 4.69) is 41.1 Å². The van der Waals surface area contributed by atoms with Gasteiger partial charge in [-0.25, -0.2) is 0 Å². The van der Waals surface area contributed by atoms with Crippen LogP contribution in [0.1, 0.15) is 42.4 Å². The summed E-state index contributed by atoms with van der Waals surface area (Å²) >= 11 is 0. The maximum absolute atomic E-state index is 12.9. The van der Waals surface area contributed by atoms with E-state index < -0.39 is 0 Å². The fraction of sp³-hybridized carbons (Fsp3) is 0.480. The Morgan fingerprint density at radius 1 is 1.13 bits per heavy atom. The second kappa shape index (κ2) is 11.6. The molecule has 0 N–H and O–H groups in total. The van der Waals surface area contributed by atoms with Crippen LogP contribution in [0.4, 0.5) is 0 Å². The number of piperidine rings is 1. The van der Waals surface area contributed by atoms with Crippen LogP contribution in [0.2, 0.25) is 0 Å². The molecule has 1 amide bonds. The van der Waals surface area contributed by atoms with Gasteiger partial charge in [0, 0.05) is 38.4 Å². The van der Waals surface area contributed by atoms with Crippen molar-refractivity contribution < 1.29 is 14.3 Å². The van der Waals surface area contributed by atoms with Crippen LogP contribution < -0.4 is 0 Å². The molecule has 1 aliphatic heterocycles. The molecule has 3 rings (SSSR count). The maximum atomic E-state index is 12.9. The maximum Gasteiger partial charge on any atom is 0.306 e. The van der Waals surface area contributed by atoms with E-state index in [0.29, 0.717) is 19.0 Å². The number of aromatic nitrogens is 1. The molecule has 6 nitrogen and oxygen atoms in total. The molecule has 0 unspecified atom stereocenters. The number of hydrogen-bond donors (Lipinski definition) is 0. The molecule has 1 aromatic carbocycles. The van der Waals surface area contributed by atoms with Crippen LogP contribution in [0.25, 0.3) is 0 Å². The molecule has 166 valence electrons. The summed E-state index contributed by atoms with van der Waals surface area (Å²) in [6, 6.07) is 12.4. The van der Waals surface area contributed by atoms with Crippen molar-refractivity contribution in [1.82, 2.24) is 14.8 Å². The second-order valence-electron chi connectivity index (χ2n) is 8.36. The van der Waals surface area contributed by atoms with Gasteiger partial charge >= 0.3 is 5.97 Å². The Morgan fingerprint density at radius 2 is 1.90 bits per heavy atom. The zero-order valence-electron chi connectivity index (χ0n) is 18.6. The predicted molar refractivity (Wildman–Crippen MR) is 120 cm³/mol. The van der Waals surface area contributed by atoms with Crippen LogP contribution in [0, 0.1) is 12.8 Å². The molecule has 6 heteroatoms. The third kappa shape index (κ3) is 7.17. The lowest BCUT2D eigenvalue weighted by Crippen LogP contribution is -2.40. The summed E-state index contributed by atoms with van der Waals surface area (Å²) in [6.45, 7) is 6.46. The quantitative estimate of drug-likeness (QED) is 0.577. The van der Waals surface area contributed by atoms with E-state index in [1.807, 2.05) is 17.0 Å². The molecule has 1 fully saturated rings. The zero-order valence-corrected chi connectivity index (χ0v) is 18.6. The minimum atomic E-state index is -0.348. The SMILES string of the molecule is COC(=O)CCC(=O)N(Cc1cccnc1)CC1CCN(Cc2ccccc2C)CC1. The number of carbonyl (C=O) groups is 2. The van der Waals surface area contributed by atoms with Crippen molar-refractivity contribution in [2.45, 2.75) is 45.7 Å². The van der Waals surface area contributed by atoms with E-state index >= 15 is 0 Å². The standard InChI is InChI=1S/C25H33N3O3/c1-20-6-3-4-8-23(20)19-27-14-11-21(12-15-27)17-28(18-22-7-5-13-26-16-22)24(29)9-10-25(30)31-2/h3-8,13,16,21H,9-12,14-15,17-19H2,1-2H3. The lowest BCUT2D eigenvalue weighted by atomic mass is 9.95. The molecule has 2 aromatic rings. The number of rotatable bonds is 9. The Morgan fingerprint density at radius 3 is 2.58 bits per heavy atom. The van der Waals surface area contributed by atoms with Crippen LogP contribution in [0.15, 0.2) is 48.8 Å². The summed E-state index contributed by atoms with van der Waals surface area (Å²) in [5.74, 6) is 0.114. The third-order valence-electron chi connectivity index (χ3n) is 6.06. The molecule has 1 aliphatic rings. The van der Waals surface area contributed by atoms with Gasteiger partial charge in [-0.3, -0.25) is 19.5 Å². The Balaban J connectivity index is 1.55. The van der Waals surface area contributed by atoms with Crippen molar-refractivity contribution >= 4 is 11.9 Å². The smallest absolute Gasteiger partial charge is 0.306 e. The number of methoxy groups -OCH3 is 1. The number of amides is 1. The summed E-state index contributed by atoms with van der Waals surface area (Å²) in [4.78, 5) is 32.9. The first kappa shape index (κ1) is 22.9. The normalized spacial score (nSPS) is 14.9. The third-order valence-corrected chi connectivity index (χ3v) is 6.06. The number of benzene rings is 1. The van der Waals surface area contributed by atoms with Gasteiger partial charge in [-0.2, -0.15) is 0 Å². The van der Waals surface area contributed by atoms with Crippen LogP contribution in [0.3, 0.4) is 0 Å². The second-order valence-corrected chi connectivity index (χ2v) is 8.36. The zero-order chi connectivity index (χ0) is 22.1. The van der Waals surface area contributed by atoms with Gasteiger partial charge in [0.15, 0.2) is 0 Å². The average Bonchev–Trinajstić information content (AvgIpc) is 2.80. The first-order valence-corrected chi connectivity index (χ1v) is 11.1. The van der Waals surface area contributed by atoms with E-state index in [0.717, 1.165) is 38.0 Å². The van der Waals surface area contributed by atoms with Crippen molar-refractivity contribution in [3.8, 4) is 0 Å². The number of esters is 1. The predicted octanol–water partition coefficient (Wildman–Crippen LogP) is 3.58. The largest absolute Gasteiger partial charge is 0.469 e. The molecule has 1 aromatic heterocycles. The number of hydrogen-bond acceptors (Lipinski definition) is 5. The number of aryl methyl sites for hydroxylation is 1. The van der Waals surface area contributed by atoms with Crippen LogP contribution >= 0.6 is 0 Å². The highest BCUT2D eigenvalue weighted by molar-refractivity contribution is 5.81. The fourth-order valence-electron chi connectivity index (χ4n) is 4.10. The number of likely N-dealkylation sites (tertiary alicyclic amines) is 1. The van der Waals surface area contributed by atoms with Crippen LogP contribution in [0.5, 0.6) is 0 Å². The molecule has 0 bridgehead atoms. The van der Waals surface area contributed by atoms with E-state index in [-0.39, 0.29) is 24.7 Å². The summed E-state index contributed by atoms with van der Waals surface area (Å²) in [5.41, 5.74) is 3.73. The Bertz CT molecular complexity index is 848. The highest BCUT2D eigenvalue weighted by Crippen LogP contribution is 2.22. The highest BCUT2D eigenvalue weighted by atomic mass is 16.5. The van der Waals surface area contributed by atoms with E-state index in [1.54, 1.807) is 12.4 Å². The lowest BCUT2D eigenvalue weighted by Gasteiger charge is -2.35. The van der Waals surface area contributed by atoms with E-state index in [1.165, 1.54) is 18.2 Å². The molecule has 1 saturated heterocycles. The minimum Gasteiger partial charge on any atom is -0.469 e. The van der Waals surface area contributed by atoms with Gasteiger partial charge in [-0.15, -0.1) is 0 Å². The fourth-order valence-corrected chi connectivity index (χ4v) is 4.10. The average molecular weight is 424 g/mol. The molecule has 0 aliphatic carbocycles. The molecule has 0 spiro atoms. The Kier molecular flexibility index (Phi) is 8.59. The minimum absolute atomic E-state index is 0.00315. The Hall–Kier alpha value is -2.73. The van der Waals surface area contributed by atoms with Gasteiger partial charge < -0.3 is 9.64 Å². The van der Waals surface area contributed by atoms with Gasteiger partial charge in [0.1, 0.15) is 0 Å². The van der Waals surface area contributed by atoms with Crippen molar-refractivity contribution in [1.29, 1.82) is 0 Å². The molecular weight excluding hydrogens is 390 g/mol. The van der Waals surface area contributed by atoms with Crippen molar-refractivity contribution in [2.24, 2.45) is 5.92 Å². The number of nitrogens with zero attached hydrogens (tertiary/aromatic N) is 3.